The van der Waals surface area contributed by atoms with E-state index in [2.05, 4.69) is 10.6 Å². The molecule has 0 aromatic heterocycles. The summed E-state index contributed by atoms with van der Waals surface area (Å²) < 4.78 is 9.75. The molecule has 0 saturated carbocycles. The Hall–Kier alpha value is -3.06. The molecule has 0 heterocycles. The highest BCUT2D eigenvalue weighted by Crippen LogP contribution is 2.12. The molecule has 0 aliphatic heterocycles. The van der Waals surface area contributed by atoms with Crippen molar-refractivity contribution in [1.29, 1.82) is 0 Å². The normalized spacial score (nSPS) is 11.2. The molecule has 7 nitrogen and oxygen atoms in total. The van der Waals surface area contributed by atoms with Gasteiger partial charge in [0.2, 0.25) is 5.91 Å². The van der Waals surface area contributed by atoms with Gasteiger partial charge in [-0.2, -0.15) is 0 Å². The number of rotatable bonds is 8. The summed E-state index contributed by atoms with van der Waals surface area (Å²) in [6.07, 6.45) is -0.527. The molecule has 2 aromatic rings. The summed E-state index contributed by atoms with van der Waals surface area (Å²) >= 11 is 5.94. The number of hydrogen-bond donors (Lipinski definition) is 2. The van der Waals surface area contributed by atoms with Crippen molar-refractivity contribution in [1.82, 2.24) is 10.6 Å². The Bertz CT molecular complexity index is 813. The SMILES string of the molecule is COC(=O)[C@H](Cc1cccc(Cl)c1)NC(=O)CNC(=O)OCc1ccccc1. The molecule has 0 fully saturated rings. The molecule has 2 amide bonds. The summed E-state index contributed by atoms with van der Waals surface area (Å²) in [5, 5.41) is 5.40. The van der Waals surface area contributed by atoms with Crippen LogP contribution in [0.2, 0.25) is 5.02 Å². The van der Waals surface area contributed by atoms with Gasteiger partial charge in [0.25, 0.3) is 0 Å². The Balaban J connectivity index is 1.82. The lowest BCUT2D eigenvalue weighted by atomic mass is 10.1. The van der Waals surface area contributed by atoms with E-state index >= 15 is 0 Å². The summed E-state index contributed by atoms with van der Waals surface area (Å²) in [5.74, 6) is -1.14. The molecule has 1 atom stereocenters. The van der Waals surface area contributed by atoms with Crippen molar-refractivity contribution in [3.8, 4) is 0 Å². The van der Waals surface area contributed by atoms with Gasteiger partial charge in [-0.1, -0.05) is 54.1 Å². The van der Waals surface area contributed by atoms with Crippen molar-refractivity contribution in [2.75, 3.05) is 13.7 Å². The number of benzene rings is 2. The predicted molar refractivity (Wildman–Crippen MR) is 104 cm³/mol. The lowest BCUT2D eigenvalue weighted by Crippen LogP contribution is -2.47. The zero-order valence-electron chi connectivity index (χ0n) is 15.3. The van der Waals surface area contributed by atoms with Crippen molar-refractivity contribution in [2.24, 2.45) is 0 Å². The van der Waals surface area contributed by atoms with Crippen LogP contribution in [0.5, 0.6) is 0 Å². The maximum Gasteiger partial charge on any atom is 0.407 e. The molecule has 2 N–H and O–H groups in total. The smallest absolute Gasteiger partial charge is 0.407 e. The number of hydrogen-bond acceptors (Lipinski definition) is 5. The summed E-state index contributed by atoms with van der Waals surface area (Å²) in [5.41, 5.74) is 1.59. The number of alkyl carbamates (subject to hydrolysis) is 1. The lowest BCUT2D eigenvalue weighted by Gasteiger charge is -2.17. The second-order valence-electron chi connectivity index (χ2n) is 5.89. The number of esters is 1. The number of ether oxygens (including phenoxy) is 2. The van der Waals surface area contributed by atoms with E-state index in [4.69, 9.17) is 21.1 Å². The third-order valence-electron chi connectivity index (χ3n) is 3.76. The van der Waals surface area contributed by atoms with Crippen molar-refractivity contribution < 1.29 is 23.9 Å². The van der Waals surface area contributed by atoms with Gasteiger partial charge >= 0.3 is 12.1 Å². The van der Waals surface area contributed by atoms with Crippen molar-refractivity contribution in [3.05, 3.63) is 70.7 Å². The topological polar surface area (TPSA) is 93.7 Å². The molecule has 0 aliphatic rings. The molecule has 148 valence electrons. The third-order valence-corrected chi connectivity index (χ3v) is 3.99. The van der Waals surface area contributed by atoms with E-state index in [9.17, 15) is 14.4 Å². The van der Waals surface area contributed by atoms with E-state index < -0.39 is 24.0 Å². The fraction of sp³-hybridized carbons (Fsp3) is 0.250. The van der Waals surface area contributed by atoms with Crippen LogP contribution in [0.1, 0.15) is 11.1 Å². The minimum Gasteiger partial charge on any atom is -0.467 e. The maximum absolute atomic E-state index is 12.1. The van der Waals surface area contributed by atoms with Crippen molar-refractivity contribution >= 4 is 29.6 Å². The first-order chi connectivity index (χ1) is 13.5. The number of nitrogens with one attached hydrogen (secondary N) is 2. The molecule has 0 spiro atoms. The number of amides is 2. The van der Waals surface area contributed by atoms with Crippen LogP contribution in [0.25, 0.3) is 0 Å². The van der Waals surface area contributed by atoms with Crippen LogP contribution >= 0.6 is 11.6 Å². The van der Waals surface area contributed by atoms with Gasteiger partial charge < -0.3 is 20.1 Å². The van der Waals surface area contributed by atoms with Crippen LogP contribution in [0.4, 0.5) is 4.79 Å². The molecular formula is C20H21ClN2O5. The Morgan fingerprint density at radius 3 is 2.43 bits per heavy atom. The fourth-order valence-electron chi connectivity index (χ4n) is 2.41. The van der Waals surface area contributed by atoms with Gasteiger partial charge in [-0.25, -0.2) is 9.59 Å². The highest BCUT2D eigenvalue weighted by Gasteiger charge is 2.22. The minimum absolute atomic E-state index is 0.0911. The first-order valence-corrected chi connectivity index (χ1v) is 8.92. The zero-order chi connectivity index (χ0) is 20.4. The molecule has 0 saturated heterocycles. The summed E-state index contributed by atoms with van der Waals surface area (Å²) in [6.45, 7) is -0.246. The van der Waals surface area contributed by atoms with Gasteiger partial charge in [0, 0.05) is 11.4 Å². The van der Waals surface area contributed by atoms with Crippen molar-refractivity contribution in [2.45, 2.75) is 19.1 Å². The van der Waals surface area contributed by atoms with E-state index in [-0.39, 0.29) is 19.6 Å². The zero-order valence-corrected chi connectivity index (χ0v) is 16.1. The number of halogens is 1. The van der Waals surface area contributed by atoms with Crippen LogP contribution in [-0.2, 0) is 32.1 Å². The first kappa shape index (κ1) is 21.2. The van der Waals surface area contributed by atoms with Gasteiger partial charge in [-0.05, 0) is 23.3 Å². The Kier molecular flexibility index (Phi) is 8.30. The molecule has 2 aromatic carbocycles. The Morgan fingerprint density at radius 1 is 1.04 bits per heavy atom. The average molecular weight is 405 g/mol. The van der Waals surface area contributed by atoms with Gasteiger partial charge in [-0.3, -0.25) is 4.79 Å². The quantitative estimate of drug-likeness (QED) is 0.659. The second-order valence-corrected chi connectivity index (χ2v) is 6.33. The second kappa shape index (κ2) is 10.9. The van der Waals surface area contributed by atoms with Gasteiger partial charge in [0.1, 0.15) is 19.2 Å². The highest BCUT2D eigenvalue weighted by molar-refractivity contribution is 6.30. The van der Waals surface area contributed by atoms with Crippen LogP contribution in [0.15, 0.2) is 54.6 Å². The lowest BCUT2D eigenvalue weighted by molar-refractivity contribution is -0.144. The van der Waals surface area contributed by atoms with E-state index in [1.165, 1.54) is 7.11 Å². The molecule has 0 unspecified atom stereocenters. The number of carbonyl (C=O) groups excluding carboxylic acids is 3. The first-order valence-electron chi connectivity index (χ1n) is 8.54. The average Bonchev–Trinajstić information content (AvgIpc) is 2.70. The van der Waals surface area contributed by atoms with E-state index in [0.717, 1.165) is 11.1 Å². The van der Waals surface area contributed by atoms with Crippen LogP contribution < -0.4 is 10.6 Å². The fourth-order valence-corrected chi connectivity index (χ4v) is 2.62. The van der Waals surface area contributed by atoms with E-state index in [1.54, 1.807) is 24.3 Å². The monoisotopic (exact) mass is 404 g/mol. The number of methoxy groups -OCH3 is 1. The molecule has 2 rings (SSSR count). The molecule has 0 radical (unpaired) electrons. The minimum atomic E-state index is -0.905. The molecule has 0 aliphatic carbocycles. The third kappa shape index (κ3) is 7.28. The van der Waals surface area contributed by atoms with Crippen LogP contribution in [-0.4, -0.2) is 37.7 Å². The standard InChI is InChI=1S/C20H21ClN2O5/c1-27-19(25)17(11-15-8-5-9-16(21)10-15)23-18(24)12-22-20(26)28-13-14-6-3-2-4-7-14/h2-10,17H,11-13H2,1H3,(H,22,26)(H,23,24)/t17-/m0/s1. The molecular weight excluding hydrogens is 384 g/mol. The molecule has 0 bridgehead atoms. The Morgan fingerprint density at radius 2 is 1.75 bits per heavy atom. The number of carbonyl (C=O) groups is 3. The van der Waals surface area contributed by atoms with Crippen LogP contribution in [0.3, 0.4) is 0 Å². The predicted octanol–water partition coefficient (Wildman–Crippen LogP) is 2.47. The van der Waals surface area contributed by atoms with E-state index in [0.29, 0.717) is 5.02 Å². The molecule has 28 heavy (non-hydrogen) atoms. The summed E-state index contributed by atoms with van der Waals surface area (Å²) in [4.78, 5) is 35.8. The van der Waals surface area contributed by atoms with Crippen molar-refractivity contribution in [3.63, 3.8) is 0 Å². The van der Waals surface area contributed by atoms with Gasteiger partial charge in [0.15, 0.2) is 0 Å². The van der Waals surface area contributed by atoms with Gasteiger partial charge in [0.05, 0.1) is 7.11 Å². The summed E-state index contributed by atoms with van der Waals surface area (Å²) in [7, 11) is 1.23. The van der Waals surface area contributed by atoms with E-state index in [1.807, 2.05) is 30.3 Å². The highest BCUT2D eigenvalue weighted by atomic mass is 35.5. The Labute approximate surface area is 168 Å². The van der Waals surface area contributed by atoms with Crippen LogP contribution in [0, 0.1) is 0 Å². The summed E-state index contributed by atoms with van der Waals surface area (Å²) in [6, 6.07) is 15.2. The van der Waals surface area contributed by atoms with Gasteiger partial charge in [-0.15, -0.1) is 0 Å². The maximum atomic E-state index is 12.1. The largest absolute Gasteiger partial charge is 0.467 e. The molecule has 8 heteroatoms.